The SMILES string of the molecule is CCOc1cc2c(cc1CNc1cnn(-c3ccc(F)cc3F)c(=O)c1Cl)O[C@@H](C)C2. The summed E-state index contributed by atoms with van der Waals surface area (Å²) in [6.07, 6.45) is 2.24. The van der Waals surface area contributed by atoms with Crippen LogP contribution in [0.1, 0.15) is 25.0 Å². The Labute approximate surface area is 182 Å². The predicted molar refractivity (Wildman–Crippen MR) is 113 cm³/mol. The first kappa shape index (κ1) is 21.1. The topological polar surface area (TPSA) is 65.4 Å². The van der Waals surface area contributed by atoms with Crippen LogP contribution < -0.4 is 20.3 Å². The van der Waals surface area contributed by atoms with E-state index in [4.69, 9.17) is 21.1 Å². The van der Waals surface area contributed by atoms with Crippen LogP contribution in [0.3, 0.4) is 0 Å². The largest absolute Gasteiger partial charge is 0.494 e. The van der Waals surface area contributed by atoms with Crippen LogP contribution in [0.5, 0.6) is 11.5 Å². The summed E-state index contributed by atoms with van der Waals surface area (Å²) in [5, 5.41) is 6.89. The molecule has 1 aliphatic heterocycles. The molecule has 4 rings (SSSR count). The second kappa shape index (κ2) is 8.55. The van der Waals surface area contributed by atoms with Gasteiger partial charge in [-0.1, -0.05) is 11.6 Å². The Morgan fingerprint density at radius 2 is 2.13 bits per heavy atom. The molecule has 0 fully saturated rings. The van der Waals surface area contributed by atoms with Crippen molar-refractivity contribution in [2.24, 2.45) is 0 Å². The Kier molecular flexibility index (Phi) is 5.82. The standard InChI is InChI=1S/C22H20ClF2N3O3/c1-3-30-19-7-13-6-12(2)31-20(13)8-14(19)10-26-17-11-27-28(22(29)21(17)23)18-5-4-15(24)9-16(18)25/h4-5,7-9,11-12,26H,3,6,10H2,1-2H3/t12-/m0/s1. The average molecular weight is 448 g/mol. The lowest BCUT2D eigenvalue weighted by Crippen LogP contribution is -2.23. The molecule has 2 aromatic carbocycles. The molecule has 0 spiro atoms. The maximum Gasteiger partial charge on any atom is 0.292 e. The molecule has 0 radical (unpaired) electrons. The number of anilines is 1. The van der Waals surface area contributed by atoms with Crippen LogP contribution in [0.2, 0.25) is 5.02 Å². The number of aromatic nitrogens is 2. The lowest BCUT2D eigenvalue weighted by molar-refractivity contribution is 0.254. The molecule has 0 saturated carbocycles. The highest BCUT2D eigenvalue weighted by Gasteiger charge is 2.22. The highest BCUT2D eigenvalue weighted by atomic mass is 35.5. The molecular weight excluding hydrogens is 428 g/mol. The molecule has 1 aliphatic rings. The Morgan fingerprint density at radius 1 is 1.32 bits per heavy atom. The van der Waals surface area contributed by atoms with Gasteiger partial charge in [0.05, 0.1) is 18.5 Å². The Bertz CT molecular complexity index is 1200. The summed E-state index contributed by atoms with van der Waals surface area (Å²) in [5.74, 6) is -0.145. The number of hydrogen-bond donors (Lipinski definition) is 1. The summed E-state index contributed by atoms with van der Waals surface area (Å²) >= 11 is 6.22. The minimum atomic E-state index is -0.917. The Morgan fingerprint density at radius 3 is 2.87 bits per heavy atom. The first-order chi connectivity index (χ1) is 14.9. The van der Waals surface area contributed by atoms with Gasteiger partial charge >= 0.3 is 0 Å². The average Bonchev–Trinajstić information content (AvgIpc) is 3.09. The fourth-order valence-electron chi connectivity index (χ4n) is 3.48. The molecule has 1 atom stereocenters. The van der Waals surface area contributed by atoms with E-state index in [-0.39, 0.29) is 22.5 Å². The van der Waals surface area contributed by atoms with Crippen molar-refractivity contribution in [3.63, 3.8) is 0 Å². The molecule has 1 N–H and O–H groups in total. The summed E-state index contributed by atoms with van der Waals surface area (Å²) in [6.45, 7) is 4.71. The van der Waals surface area contributed by atoms with Crippen LogP contribution in [0, 0.1) is 11.6 Å². The van der Waals surface area contributed by atoms with Crippen LogP contribution in [-0.2, 0) is 13.0 Å². The summed E-state index contributed by atoms with van der Waals surface area (Å²) in [5.41, 5.74) is 1.28. The monoisotopic (exact) mass is 447 g/mol. The molecule has 3 aromatic rings. The van der Waals surface area contributed by atoms with Crippen molar-refractivity contribution < 1.29 is 18.3 Å². The van der Waals surface area contributed by atoms with Crippen molar-refractivity contribution in [2.75, 3.05) is 11.9 Å². The number of ether oxygens (including phenoxy) is 2. The van der Waals surface area contributed by atoms with E-state index in [2.05, 4.69) is 10.4 Å². The number of fused-ring (bicyclic) bond motifs is 1. The molecule has 6 nitrogen and oxygen atoms in total. The second-order valence-electron chi connectivity index (χ2n) is 7.17. The first-order valence-electron chi connectivity index (χ1n) is 9.79. The zero-order valence-corrected chi connectivity index (χ0v) is 17.7. The molecule has 9 heteroatoms. The molecule has 0 saturated heterocycles. The van der Waals surface area contributed by atoms with Gasteiger partial charge in [-0.25, -0.2) is 8.78 Å². The van der Waals surface area contributed by atoms with Gasteiger partial charge in [0, 0.05) is 30.2 Å². The van der Waals surface area contributed by atoms with Crippen molar-refractivity contribution in [3.05, 3.63) is 74.7 Å². The number of halogens is 3. The molecule has 0 bridgehead atoms. The van der Waals surface area contributed by atoms with Crippen molar-refractivity contribution in [1.82, 2.24) is 9.78 Å². The van der Waals surface area contributed by atoms with Gasteiger partial charge in [-0.05, 0) is 38.1 Å². The number of nitrogens with one attached hydrogen (secondary N) is 1. The molecule has 2 heterocycles. The maximum atomic E-state index is 14.0. The minimum Gasteiger partial charge on any atom is -0.494 e. The van der Waals surface area contributed by atoms with Crippen molar-refractivity contribution in [3.8, 4) is 17.2 Å². The van der Waals surface area contributed by atoms with Gasteiger partial charge in [0.2, 0.25) is 0 Å². The molecule has 0 unspecified atom stereocenters. The van der Waals surface area contributed by atoms with Gasteiger partial charge in [0.15, 0.2) is 5.82 Å². The van der Waals surface area contributed by atoms with E-state index in [0.717, 1.165) is 45.9 Å². The van der Waals surface area contributed by atoms with Crippen LogP contribution in [0.4, 0.5) is 14.5 Å². The zero-order valence-electron chi connectivity index (χ0n) is 16.9. The van der Waals surface area contributed by atoms with Gasteiger partial charge < -0.3 is 14.8 Å². The molecule has 31 heavy (non-hydrogen) atoms. The number of nitrogens with zero attached hydrogens (tertiary/aromatic N) is 2. The van der Waals surface area contributed by atoms with E-state index in [0.29, 0.717) is 19.2 Å². The van der Waals surface area contributed by atoms with Gasteiger partial charge in [-0.2, -0.15) is 9.78 Å². The van der Waals surface area contributed by atoms with Crippen molar-refractivity contribution in [1.29, 1.82) is 0 Å². The van der Waals surface area contributed by atoms with Gasteiger partial charge in [0.1, 0.15) is 34.1 Å². The second-order valence-corrected chi connectivity index (χ2v) is 7.55. The van der Waals surface area contributed by atoms with E-state index in [1.165, 1.54) is 6.20 Å². The summed E-state index contributed by atoms with van der Waals surface area (Å²) in [7, 11) is 0. The highest BCUT2D eigenvalue weighted by Crippen LogP contribution is 2.35. The quantitative estimate of drug-likeness (QED) is 0.602. The molecular formula is C22H20ClF2N3O3. The van der Waals surface area contributed by atoms with Crippen molar-refractivity contribution >= 4 is 17.3 Å². The number of rotatable bonds is 6. The van der Waals surface area contributed by atoms with Gasteiger partial charge in [0.25, 0.3) is 5.56 Å². The third kappa shape index (κ3) is 4.20. The van der Waals surface area contributed by atoms with E-state index in [1.54, 1.807) is 0 Å². The Hall–Kier alpha value is -3.13. The Balaban J connectivity index is 1.60. The molecule has 0 amide bonds. The third-order valence-corrected chi connectivity index (χ3v) is 5.27. The highest BCUT2D eigenvalue weighted by molar-refractivity contribution is 6.32. The minimum absolute atomic E-state index is 0.103. The number of benzene rings is 2. The van der Waals surface area contributed by atoms with E-state index < -0.39 is 17.2 Å². The summed E-state index contributed by atoms with van der Waals surface area (Å²) in [4.78, 5) is 12.6. The summed E-state index contributed by atoms with van der Waals surface area (Å²) in [6, 6.07) is 6.72. The first-order valence-corrected chi connectivity index (χ1v) is 10.2. The summed E-state index contributed by atoms with van der Waals surface area (Å²) < 4.78 is 39.6. The molecule has 0 aliphatic carbocycles. The molecule has 1 aromatic heterocycles. The lowest BCUT2D eigenvalue weighted by Gasteiger charge is -2.15. The normalized spacial score (nSPS) is 14.8. The fourth-order valence-corrected chi connectivity index (χ4v) is 3.68. The van der Waals surface area contributed by atoms with Crippen molar-refractivity contribution in [2.45, 2.75) is 32.9 Å². The predicted octanol–water partition coefficient (Wildman–Crippen LogP) is 4.50. The van der Waals surface area contributed by atoms with E-state index >= 15 is 0 Å². The van der Waals surface area contributed by atoms with E-state index in [1.807, 2.05) is 26.0 Å². The fraction of sp³-hybridized carbons (Fsp3) is 0.273. The number of hydrogen-bond acceptors (Lipinski definition) is 5. The van der Waals surface area contributed by atoms with Crippen LogP contribution >= 0.6 is 11.6 Å². The van der Waals surface area contributed by atoms with Gasteiger partial charge in [-0.3, -0.25) is 4.79 Å². The van der Waals surface area contributed by atoms with Crippen LogP contribution in [0.15, 0.2) is 41.3 Å². The molecule has 162 valence electrons. The van der Waals surface area contributed by atoms with Gasteiger partial charge in [-0.15, -0.1) is 0 Å². The smallest absolute Gasteiger partial charge is 0.292 e. The van der Waals surface area contributed by atoms with E-state index in [9.17, 15) is 13.6 Å². The van der Waals surface area contributed by atoms with Crippen LogP contribution in [0.25, 0.3) is 5.69 Å². The lowest BCUT2D eigenvalue weighted by atomic mass is 10.1. The zero-order chi connectivity index (χ0) is 22.1. The third-order valence-electron chi connectivity index (χ3n) is 4.91. The van der Waals surface area contributed by atoms with Crippen LogP contribution in [-0.4, -0.2) is 22.5 Å². The maximum absolute atomic E-state index is 14.0.